The molecule has 1 aromatic heterocycles. The van der Waals surface area contributed by atoms with E-state index < -0.39 is 11.6 Å². The predicted molar refractivity (Wildman–Crippen MR) is 117 cm³/mol. The second kappa shape index (κ2) is 8.36. The van der Waals surface area contributed by atoms with E-state index in [1.165, 1.54) is 7.11 Å². The highest BCUT2D eigenvalue weighted by atomic mass is 16.5. The number of hydrogen-bond acceptors (Lipinski definition) is 6. The number of fused-ring (bicyclic) bond motifs is 1. The van der Waals surface area contributed by atoms with Crippen LogP contribution in [0.2, 0.25) is 0 Å². The fourth-order valence-corrected chi connectivity index (χ4v) is 3.47. The average Bonchev–Trinajstić information content (AvgIpc) is 2.79. The van der Waals surface area contributed by atoms with Crippen molar-refractivity contribution >= 4 is 16.9 Å². The van der Waals surface area contributed by atoms with Crippen molar-refractivity contribution in [3.05, 3.63) is 88.3 Å². The van der Waals surface area contributed by atoms with Crippen molar-refractivity contribution < 1.29 is 23.4 Å². The van der Waals surface area contributed by atoms with Gasteiger partial charge in [-0.3, -0.25) is 0 Å². The normalized spacial score (nSPS) is 10.7. The molecule has 0 saturated carbocycles. The van der Waals surface area contributed by atoms with Crippen LogP contribution in [-0.4, -0.2) is 20.2 Å². The summed E-state index contributed by atoms with van der Waals surface area (Å²) < 4.78 is 21.6. The Hall–Kier alpha value is -4.06. The molecule has 0 amide bonds. The summed E-state index contributed by atoms with van der Waals surface area (Å²) in [7, 11) is 3.09. The Labute approximate surface area is 178 Å². The minimum absolute atomic E-state index is 0.294. The van der Waals surface area contributed by atoms with Crippen molar-refractivity contribution in [3.63, 3.8) is 0 Å². The number of carbonyl (C=O) groups excluding carboxylic acids is 1. The molecule has 0 bridgehead atoms. The van der Waals surface area contributed by atoms with Crippen LogP contribution in [0, 0.1) is 6.92 Å². The van der Waals surface area contributed by atoms with Gasteiger partial charge < -0.3 is 18.6 Å². The summed E-state index contributed by atoms with van der Waals surface area (Å²) in [4.78, 5) is 25.1. The molecule has 0 aliphatic carbocycles. The molecule has 4 aromatic rings. The van der Waals surface area contributed by atoms with Gasteiger partial charge in [-0.1, -0.05) is 24.3 Å². The number of rotatable bonds is 5. The quantitative estimate of drug-likeness (QED) is 0.259. The highest BCUT2D eigenvalue weighted by molar-refractivity contribution is 5.92. The number of hydrogen-bond donors (Lipinski definition) is 0. The maximum absolute atomic E-state index is 12.8. The molecular formula is C25H20O6. The number of aryl methyl sites for hydroxylation is 1. The topological polar surface area (TPSA) is 75.0 Å². The number of carbonyl (C=O) groups is 1. The second-order valence-electron chi connectivity index (χ2n) is 6.87. The van der Waals surface area contributed by atoms with Gasteiger partial charge in [0.25, 0.3) is 0 Å². The van der Waals surface area contributed by atoms with Crippen molar-refractivity contribution in [3.8, 4) is 28.4 Å². The largest absolute Gasteiger partial charge is 0.493 e. The van der Waals surface area contributed by atoms with Gasteiger partial charge in [-0.05, 0) is 54.4 Å². The van der Waals surface area contributed by atoms with E-state index in [4.69, 9.17) is 18.6 Å². The van der Waals surface area contributed by atoms with E-state index >= 15 is 0 Å². The molecule has 31 heavy (non-hydrogen) atoms. The Bertz CT molecular complexity index is 1320. The Kier molecular flexibility index (Phi) is 5.45. The molecule has 0 aliphatic rings. The lowest BCUT2D eigenvalue weighted by molar-refractivity contribution is 0.0735. The highest BCUT2D eigenvalue weighted by Crippen LogP contribution is 2.34. The molecule has 0 unspecified atom stereocenters. The molecule has 156 valence electrons. The summed E-state index contributed by atoms with van der Waals surface area (Å²) in [5.41, 5.74) is 2.12. The van der Waals surface area contributed by atoms with Crippen LogP contribution in [0.25, 0.3) is 22.1 Å². The van der Waals surface area contributed by atoms with Crippen LogP contribution in [0.1, 0.15) is 15.9 Å². The third-order valence-corrected chi connectivity index (χ3v) is 5.03. The maximum Gasteiger partial charge on any atom is 0.344 e. The first-order valence-electron chi connectivity index (χ1n) is 9.59. The number of esters is 1. The van der Waals surface area contributed by atoms with Crippen molar-refractivity contribution in [2.45, 2.75) is 6.92 Å². The lowest BCUT2D eigenvalue weighted by Gasteiger charge is -2.12. The van der Waals surface area contributed by atoms with E-state index in [9.17, 15) is 9.59 Å². The van der Waals surface area contributed by atoms with Crippen LogP contribution in [0.5, 0.6) is 17.2 Å². The summed E-state index contributed by atoms with van der Waals surface area (Å²) in [6.45, 7) is 1.85. The van der Waals surface area contributed by atoms with Crippen molar-refractivity contribution in [2.75, 3.05) is 14.2 Å². The lowest BCUT2D eigenvalue weighted by atomic mass is 9.99. The molecule has 4 rings (SSSR count). The first kappa shape index (κ1) is 20.2. The summed E-state index contributed by atoms with van der Waals surface area (Å²) >= 11 is 0. The minimum Gasteiger partial charge on any atom is -0.493 e. The minimum atomic E-state index is -0.497. The first-order chi connectivity index (χ1) is 15.0. The van der Waals surface area contributed by atoms with Gasteiger partial charge in [0.15, 0.2) is 11.5 Å². The zero-order valence-electron chi connectivity index (χ0n) is 17.3. The van der Waals surface area contributed by atoms with E-state index in [-0.39, 0.29) is 0 Å². The summed E-state index contributed by atoms with van der Waals surface area (Å²) in [5.74, 6) is 0.893. The Morgan fingerprint density at radius 2 is 1.61 bits per heavy atom. The lowest BCUT2D eigenvalue weighted by Crippen LogP contribution is -2.09. The zero-order valence-corrected chi connectivity index (χ0v) is 17.3. The molecule has 0 N–H and O–H groups in total. The van der Waals surface area contributed by atoms with E-state index in [0.29, 0.717) is 39.5 Å². The summed E-state index contributed by atoms with van der Waals surface area (Å²) in [6, 6.07) is 18.9. The second-order valence-corrected chi connectivity index (χ2v) is 6.87. The van der Waals surface area contributed by atoms with Gasteiger partial charge in [0.05, 0.1) is 25.3 Å². The van der Waals surface area contributed by atoms with Crippen LogP contribution in [0.15, 0.2) is 75.9 Å². The predicted octanol–water partition coefficient (Wildman–Crippen LogP) is 5.00. The molecule has 3 aromatic carbocycles. The third kappa shape index (κ3) is 3.88. The van der Waals surface area contributed by atoms with Crippen LogP contribution in [-0.2, 0) is 0 Å². The Morgan fingerprint density at radius 1 is 0.871 bits per heavy atom. The summed E-state index contributed by atoms with van der Waals surface area (Å²) in [6.07, 6.45) is 0. The zero-order chi connectivity index (χ0) is 22.0. The fourth-order valence-electron chi connectivity index (χ4n) is 3.47. The molecule has 6 heteroatoms. The van der Waals surface area contributed by atoms with E-state index in [0.717, 1.165) is 10.9 Å². The molecule has 0 aliphatic heterocycles. The fraction of sp³-hybridized carbons (Fsp3) is 0.120. The van der Waals surface area contributed by atoms with E-state index in [2.05, 4.69) is 0 Å². The van der Waals surface area contributed by atoms with Crippen molar-refractivity contribution in [2.24, 2.45) is 0 Å². The first-order valence-corrected chi connectivity index (χ1v) is 9.59. The van der Waals surface area contributed by atoms with Gasteiger partial charge in [-0.25, -0.2) is 9.59 Å². The molecule has 0 radical (unpaired) electrons. The number of ether oxygens (including phenoxy) is 3. The Balaban J connectivity index is 1.74. The Morgan fingerprint density at radius 3 is 2.32 bits per heavy atom. The van der Waals surface area contributed by atoms with E-state index in [1.807, 2.05) is 13.0 Å². The third-order valence-electron chi connectivity index (χ3n) is 5.03. The van der Waals surface area contributed by atoms with Crippen LogP contribution >= 0.6 is 0 Å². The molecule has 0 atom stereocenters. The molecule has 0 saturated heterocycles. The summed E-state index contributed by atoms with van der Waals surface area (Å²) in [5, 5.41) is 0.740. The SMILES string of the molecule is COc1ccc(-c2c(C)c3ccc(OC(=O)c4ccccc4)cc3oc2=O)cc1OC. The van der Waals surface area contributed by atoms with Gasteiger partial charge in [0.2, 0.25) is 0 Å². The van der Waals surface area contributed by atoms with E-state index in [1.54, 1.807) is 67.8 Å². The highest BCUT2D eigenvalue weighted by Gasteiger charge is 2.17. The van der Waals surface area contributed by atoms with Crippen molar-refractivity contribution in [1.29, 1.82) is 0 Å². The average molecular weight is 416 g/mol. The molecular weight excluding hydrogens is 396 g/mol. The van der Waals surface area contributed by atoms with Gasteiger partial charge in [0.1, 0.15) is 11.3 Å². The molecule has 6 nitrogen and oxygen atoms in total. The van der Waals surface area contributed by atoms with Crippen LogP contribution in [0.4, 0.5) is 0 Å². The van der Waals surface area contributed by atoms with Crippen LogP contribution in [0.3, 0.4) is 0 Å². The molecule has 0 spiro atoms. The van der Waals surface area contributed by atoms with Gasteiger partial charge in [-0.2, -0.15) is 0 Å². The number of benzene rings is 3. The number of methoxy groups -OCH3 is 2. The van der Waals surface area contributed by atoms with Gasteiger partial charge in [0, 0.05) is 11.5 Å². The smallest absolute Gasteiger partial charge is 0.344 e. The van der Waals surface area contributed by atoms with Gasteiger partial charge in [-0.15, -0.1) is 0 Å². The molecule has 0 fully saturated rings. The van der Waals surface area contributed by atoms with Gasteiger partial charge >= 0.3 is 11.6 Å². The standard InChI is InChI=1S/C25H20O6/c1-15-19-11-10-18(30-24(26)16-7-5-4-6-8-16)14-21(19)31-25(27)23(15)17-9-12-20(28-2)22(13-17)29-3/h4-14H,1-3H3. The van der Waals surface area contributed by atoms with Crippen molar-refractivity contribution in [1.82, 2.24) is 0 Å². The van der Waals surface area contributed by atoms with Crippen LogP contribution < -0.4 is 19.8 Å². The molecule has 1 heterocycles. The maximum atomic E-state index is 12.8. The monoisotopic (exact) mass is 416 g/mol.